The number of ether oxygens (including phenoxy) is 2. The lowest BCUT2D eigenvalue weighted by atomic mass is 9.69. The summed E-state index contributed by atoms with van der Waals surface area (Å²) in [4.78, 5) is 28.5. The maximum Gasteiger partial charge on any atom is 0.416 e. The second-order valence-corrected chi connectivity index (χ2v) is 13.2. The number of aliphatic hydroxyl groups excluding tert-OH is 1. The highest BCUT2D eigenvalue weighted by atomic mass is 19.4. The first-order chi connectivity index (χ1) is 25.3. The van der Waals surface area contributed by atoms with Crippen LogP contribution in [-0.4, -0.2) is 36.2 Å². The van der Waals surface area contributed by atoms with Crippen molar-refractivity contribution in [3.63, 3.8) is 0 Å². The first-order valence-electron chi connectivity index (χ1n) is 17.0. The molecule has 0 bridgehead atoms. The molecule has 13 heteroatoms. The summed E-state index contributed by atoms with van der Waals surface area (Å²) in [5, 5.41) is 9.49. The Bertz CT molecular complexity index is 2020. The zero-order chi connectivity index (χ0) is 37.5. The van der Waals surface area contributed by atoms with Gasteiger partial charge in [0.25, 0.3) is 0 Å². The van der Waals surface area contributed by atoms with Gasteiger partial charge in [-0.05, 0) is 90.1 Å². The van der Waals surface area contributed by atoms with E-state index < -0.39 is 64.8 Å². The van der Waals surface area contributed by atoms with Crippen LogP contribution in [0.25, 0.3) is 11.6 Å². The number of rotatable bonds is 10. The van der Waals surface area contributed by atoms with Gasteiger partial charge in [-0.25, -0.2) is 4.90 Å². The molecule has 276 valence electrons. The Morgan fingerprint density at radius 2 is 1.51 bits per heavy atom. The SMILES string of the molecule is O=C1[C@@H]2[C@@H](CC(COc3ccccc3)=C3[C@@H](CC/C(=C/c4ccc(CO)o4)c4ccccc4)OC[C@@H]32)C(=O)N1c1cc(C(F)(F)F)cc(C(F)(F)F)c1. The Balaban J connectivity index is 1.22. The summed E-state index contributed by atoms with van der Waals surface area (Å²) >= 11 is 0. The van der Waals surface area contributed by atoms with Gasteiger partial charge in [0.15, 0.2) is 0 Å². The van der Waals surface area contributed by atoms with Crippen molar-refractivity contribution in [1.82, 2.24) is 0 Å². The van der Waals surface area contributed by atoms with Crippen LogP contribution in [0.2, 0.25) is 0 Å². The molecular weight excluding hydrogens is 704 g/mol. The molecule has 7 nitrogen and oxygen atoms in total. The van der Waals surface area contributed by atoms with Crippen LogP contribution >= 0.6 is 0 Å². The topological polar surface area (TPSA) is 89.2 Å². The fourth-order valence-electron chi connectivity index (χ4n) is 7.58. The Labute approximate surface area is 300 Å². The van der Waals surface area contributed by atoms with Crippen LogP contribution in [0.3, 0.4) is 0 Å². The average molecular weight is 738 g/mol. The maximum absolute atomic E-state index is 14.1. The largest absolute Gasteiger partial charge is 0.489 e. The minimum Gasteiger partial charge on any atom is -0.489 e. The van der Waals surface area contributed by atoms with Crippen molar-refractivity contribution in [1.29, 1.82) is 0 Å². The quantitative estimate of drug-likeness (QED) is 0.0996. The molecule has 0 radical (unpaired) electrons. The normalized spacial score (nSPS) is 22.0. The van der Waals surface area contributed by atoms with E-state index in [0.717, 1.165) is 16.7 Å². The number of para-hydroxylation sites is 1. The Morgan fingerprint density at radius 1 is 0.849 bits per heavy atom. The average Bonchev–Trinajstić information content (AvgIpc) is 3.85. The first-order valence-corrected chi connectivity index (χ1v) is 17.0. The number of aliphatic hydroxyl groups is 1. The molecule has 1 N–H and O–H groups in total. The van der Waals surface area contributed by atoms with Gasteiger partial charge in [0.2, 0.25) is 11.8 Å². The third kappa shape index (κ3) is 7.40. The number of anilines is 1. The van der Waals surface area contributed by atoms with Crippen molar-refractivity contribution in [2.45, 2.75) is 44.3 Å². The highest BCUT2D eigenvalue weighted by Gasteiger charge is 2.58. The molecule has 3 aromatic carbocycles. The third-order valence-corrected chi connectivity index (χ3v) is 9.97. The van der Waals surface area contributed by atoms with Gasteiger partial charge in [-0.15, -0.1) is 0 Å². The summed E-state index contributed by atoms with van der Waals surface area (Å²) < 4.78 is 101. The van der Waals surface area contributed by atoms with Gasteiger partial charge in [-0.3, -0.25) is 9.59 Å². The van der Waals surface area contributed by atoms with E-state index in [2.05, 4.69) is 0 Å². The molecule has 3 aliphatic rings. The summed E-state index contributed by atoms with van der Waals surface area (Å²) in [5.74, 6) is -3.03. The van der Waals surface area contributed by atoms with Crippen LogP contribution in [0.4, 0.5) is 32.0 Å². The molecule has 0 saturated carbocycles. The Morgan fingerprint density at radius 3 is 2.13 bits per heavy atom. The van der Waals surface area contributed by atoms with Crippen LogP contribution in [0.1, 0.15) is 47.5 Å². The number of benzene rings is 3. The van der Waals surface area contributed by atoms with Crippen LogP contribution in [-0.2, 0) is 33.3 Å². The number of imide groups is 1. The molecule has 2 aliphatic heterocycles. The van der Waals surface area contributed by atoms with Crippen LogP contribution in [0.5, 0.6) is 5.75 Å². The molecule has 7 rings (SSSR count). The predicted octanol–water partition coefficient (Wildman–Crippen LogP) is 8.73. The smallest absolute Gasteiger partial charge is 0.416 e. The van der Waals surface area contributed by atoms with E-state index in [-0.39, 0.29) is 32.3 Å². The van der Waals surface area contributed by atoms with Crippen LogP contribution in [0, 0.1) is 17.8 Å². The lowest BCUT2D eigenvalue weighted by molar-refractivity contribution is -0.143. The predicted molar refractivity (Wildman–Crippen MR) is 181 cm³/mol. The molecule has 0 spiro atoms. The number of allylic oxidation sites excluding steroid dienone is 1. The van der Waals surface area contributed by atoms with Gasteiger partial charge >= 0.3 is 12.4 Å². The van der Waals surface area contributed by atoms with E-state index in [1.807, 2.05) is 42.5 Å². The number of amides is 2. The molecule has 2 saturated heterocycles. The molecule has 4 aromatic rings. The fourth-order valence-corrected chi connectivity index (χ4v) is 7.58. The minimum atomic E-state index is -5.16. The van der Waals surface area contributed by atoms with E-state index in [1.54, 1.807) is 36.4 Å². The summed E-state index contributed by atoms with van der Waals surface area (Å²) in [6.45, 7) is -0.215. The van der Waals surface area contributed by atoms with Gasteiger partial charge in [0.05, 0.1) is 41.4 Å². The van der Waals surface area contributed by atoms with E-state index in [4.69, 9.17) is 13.9 Å². The molecule has 2 fully saturated rings. The molecule has 2 amide bonds. The zero-order valence-electron chi connectivity index (χ0n) is 28.0. The Kier molecular flexibility index (Phi) is 9.81. The third-order valence-electron chi connectivity index (χ3n) is 9.97. The summed E-state index contributed by atoms with van der Waals surface area (Å²) in [6, 6.07) is 22.7. The second-order valence-electron chi connectivity index (χ2n) is 13.2. The highest BCUT2D eigenvalue weighted by Crippen LogP contribution is 2.51. The number of carbonyl (C=O) groups is 2. The van der Waals surface area contributed by atoms with E-state index >= 15 is 0 Å². The van der Waals surface area contributed by atoms with Crippen molar-refractivity contribution in [3.05, 3.63) is 130 Å². The number of hydrogen-bond donors (Lipinski definition) is 1. The Hall–Kier alpha value is -5.14. The number of nitrogens with zero attached hydrogens (tertiary/aromatic N) is 1. The monoisotopic (exact) mass is 737 g/mol. The number of halogens is 6. The number of hydrogen-bond acceptors (Lipinski definition) is 6. The van der Waals surface area contributed by atoms with Crippen molar-refractivity contribution in [2.75, 3.05) is 18.1 Å². The zero-order valence-corrected chi connectivity index (χ0v) is 28.0. The van der Waals surface area contributed by atoms with Crippen molar-refractivity contribution in [2.24, 2.45) is 17.8 Å². The highest BCUT2D eigenvalue weighted by molar-refractivity contribution is 6.22. The van der Waals surface area contributed by atoms with Gasteiger partial charge in [-0.1, -0.05) is 48.5 Å². The number of fused-ring (bicyclic) bond motifs is 3. The fraction of sp³-hybridized carbons (Fsp3) is 0.300. The number of furan rings is 1. The van der Waals surface area contributed by atoms with Crippen molar-refractivity contribution >= 4 is 29.2 Å². The maximum atomic E-state index is 14.1. The van der Waals surface area contributed by atoms with Gasteiger partial charge in [0.1, 0.15) is 30.5 Å². The van der Waals surface area contributed by atoms with E-state index in [0.29, 0.717) is 52.7 Å². The standard InChI is InChI=1S/C40H33F6NO6/c41-39(42,43)26-17-27(40(44,45)46)19-28(18-26)47-37(49)32-16-25(21-51-29-9-5-2-6-10-29)35-33(36(32)38(47)50)22-52-34(35)14-11-24(23-7-3-1-4-8-23)15-30-12-13-31(20-48)53-30/h1-10,12-13,15,17-19,32-34,36,48H,11,14,16,20-22H2/b24-15-/t32-,33+,34-,36-/m1/s1. The molecule has 4 atom stereocenters. The molecule has 3 heterocycles. The molecular formula is C40H33F6NO6. The number of alkyl halides is 6. The van der Waals surface area contributed by atoms with Crippen molar-refractivity contribution < 1.29 is 54.9 Å². The lowest BCUT2D eigenvalue weighted by Gasteiger charge is -2.31. The molecule has 53 heavy (non-hydrogen) atoms. The molecule has 1 aromatic heterocycles. The number of carbonyl (C=O) groups excluding carboxylic acids is 2. The van der Waals surface area contributed by atoms with E-state index in [9.17, 15) is 41.0 Å². The van der Waals surface area contributed by atoms with Crippen molar-refractivity contribution in [3.8, 4) is 5.75 Å². The molecule has 0 unspecified atom stereocenters. The summed E-state index contributed by atoms with van der Waals surface area (Å²) in [5.41, 5.74) is -0.773. The molecule has 1 aliphatic carbocycles. The minimum absolute atomic E-state index is 0.00701. The van der Waals surface area contributed by atoms with Crippen LogP contribution < -0.4 is 9.64 Å². The first kappa shape index (κ1) is 36.2. The summed E-state index contributed by atoms with van der Waals surface area (Å²) in [6.07, 6.45) is -8.08. The van der Waals surface area contributed by atoms with Gasteiger partial charge in [0, 0.05) is 5.92 Å². The lowest BCUT2D eigenvalue weighted by Crippen LogP contribution is -2.35. The summed E-state index contributed by atoms with van der Waals surface area (Å²) in [7, 11) is 0. The van der Waals surface area contributed by atoms with Gasteiger partial charge in [-0.2, -0.15) is 26.3 Å². The van der Waals surface area contributed by atoms with Gasteiger partial charge < -0.3 is 19.0 Å². The van der Waals surface area contributed by atoms with E-state index in [1.165, 1.54) is 0 Å². The second kappa shape index (κ2) is 14.4. The van der Waals surface area contributed by atoms with Crippen LogP contribution in [0.15, 0.2) is 107 Å².